The summed E-state index contributed by atoms with van der Waals surface area (Å²) in [6.45, 7) is 4.33. The van der Waals surface area contributed by atoms with Crippen molar-refractivity contribution in [3.05, 3.63) is 48.0 Å². The Morgan fingerprint density at radius 2 is 1.89 bits per heavy atom. The molecule has 0 saturated heterocycles. The van der Waals surface area contributed by atoms with Crippen LogP contribution in [0.1, 0.15) is 18.9 Å². The van der Waals surface area contributed by atoms with Gasteiger partial charge in [-0.2, -0.15) is 11.8 Å². The highest BCUT2D eigenvalue weighted by molar-refractivity contribution is 7.99. The molecule has 0 aliphatic heterocycles. The molecule has 0 amide bonds. The second-order valence-electron chi connectivity index (χ2n) is 4.65. The van der Waals surface area contributed by atoms with Crippen molar-refractivity contribution in [3.8, 4) is 0 Å². The highest BCUT2D eigenvalue weighted by atomic mass is 32.2. The molecule has 0 radical (unpaired) electrons. The average molecular weight is 259 g/mol. The van der Waals surface area contributed by atoms with Crippen molar-refractivity contribution in [2.75, 3.05) is 12.8 Å². The van der Waals surface area contributed by atoms with E-state index in [0.29, 0.717) is 0 Å². The number of nitrogens with one attached hydrogen (secondary N) is 1. The Morgan fingerprint density at radius 3 is 2.72 bits per heavy atom. The topological polar surface area (TPSA) is 12.0 Å². The van der Waals surface area contributed by atoms with Crippen molar-refractivity contribution in [2.45, 2.75) is 25.1 Å². The van der Waals surface area contributed by atoms with Crippen molar-refractivity contribution < 1.29 is 0 Å². The highest BCUT2D eigenvalue weighted by Gasteiger charge is 2.01. The van der Waals surface area contributed by atoms with E-state index in [4.69, 9.17) is 0 Å². The fraction of sp³-hybridized carbons (Fsp3) is 0.375. The third-order valence-electron chi connectivity index (χ3n) is 3.33. The van der Waals surface area contributed by atoms with E-state index in [1.165, 1.54) is 22.8 Å². The predicted octanol–water partition coefficient (Wildman–Crippen LogP) is 4.07. The summed E-state index contributed by atoms with van der Waals surface area (Å²) in [5.41, 5.74) is 1.39. The minimum absolute atomic E-state index is 0.741. The zero-order valence-corrected chi connectivity index (χ0v) is 12.0. The second kappa shape index (κ2) is 6.81. The van der Waals surface area contributed by atoms with Gasteiger partial charge in [0, 0.05) is 11.8 Å². The molecule has 0 aromatic heterocycles. The molecular formula is C16H21NS. The largest absolute Gasteiger partial charge is 0.313 e. The molecule has 0 aliphatic rings. The summed E-state index contributed by atoms with van der Waals surface area (Å²) < 4.78 is 0. The number of hydrogen-bond donors (Lipinski definition) is 1. The Morgan fingerprint density at radius 1 is 1.11 bits per heavy atom. The lowest BCUT2D eigenvalue weighted by atomic mass is 10.0. The number of rotatable bonds is 6. The van der Waals surface area contributed by atoms with Crippen molar-refractivity contribution in [2.24, 2.45) is 0 Å². The summed E-state index contributed by atoms with van der Waals surface area (Å²) in [4.78, 5) is 0. The lowest BCUT2D eigenvalue weighted by Gasteiger charge is -2.10. The second-order valence-corrected chi connectivity index (χ2v) is 5.93. The molecule has 96 valence electrons. The Hall–Kier alpha value is -0.990. The van der Waals surface area contributed by atoms with E-state index in [1.54, 1.807) is 0 Å². The van der Waals surface area contributed by atoms with Gasteiger partial charge in [0.2, 0.25) is 0 Å². The summed E-state index contributed by atoms with van der Waals surface area (Å²) in [5.74, 6) is 0. The lowest BCUT2D eigenvalue weighted by molar-refractivity contribution is 0.650. The monoisotopic (exact) mass is 259 g/mol. The molecule has 1 N–H and O–H groups in total. The molecule has 0 aliphatic carbocycles. The maximum Gasteiger partial charge on any atom is 0.0211 e. The van der Waals surface area contributed by atoms with Crippen LogP contribution < -0.4 is 5.32 Å². The molecule has 0 fully saturated rings. The SMILES string of the molecule is CSC(C)CCNCc1cccc2ccccc12. The third-order valence-corrected chi connectivity index (χ3v) is 4.37. The molecule has 0 spiro atoms. The fourth-order valence-corrected chi connectivity index (χ4v) is 2.45. The summed E-state index contributed by atoms with van der Waals surface area (Å²) in [6, 6.07) is 15.1. The van der Waals surface area contributed by atoms with Gasteiger partial charge in [-0.25, -0.2) is 0 Å². The molecule has 1 atom stereocenters. The molecule has 18 heavy (non-hydrogen) atoms. The van der Waals surface area contributed by atoms with Crippen molar-refractivity contribution in [1.82, 2.24) is 5.32 Å². The van der Waals surface area contributed by atoms with E-state index in [0.717, 1.165) is 18.3 Å². The smallest absolute Gasteiger partial charge is 0.0211 e. The first-order chi connectivity index (χ1) is 8.81. The molecule has 2 aromatic rings. The van der Waals surface area contributed by atoms with Gasteiger partial charge in [-0.1, -0.05) is 49.4 Å². The molecule has 2 aromatic carbocycles. The Labute approximate surface area is 114 Å². The Balaban J connectivity index is 1.95. The first-order valence-corrected chi connectivity index (χ1v) is 7.80. The van der Waals surface area contributed by atoms with E-state index in [9.17, 15) is 0 Å². The Bertz CT molecular complexity index is 490. The Kier molecular flexibility index (Phi) is 5.09. The van der Waals surface area contributed by atoms with Gasteiger partial charge >= 0.3 is 0 Å². The molecule has 1 unspecified atom stereocenters. The van der Waals surface area contributed by atoms with E-state index in [1.807, 2.05) is 11.8 Å². The molecule has 2 heteroatoms. The highest BCUT2D eigenvalue weighted by Crippen LogP contribution is 2.18. The van der Waals surface area contributed by atoms with Crippen LogP contribution in [0.2, 0.25) is 0 Å². The van der Waals surface area contributed by atoms with Gasteiger partial charge in [0.15, 0.2) is 0 Å². The molecule has 0 heterocycles. The minimum atomic E-state index is 0.741. The van der Waals surface area contributed by atoms with Crippen molar-refractivity contribution in [1.29, 1.82) is 0 Å². The average Bonchev–Trinajstić information content (AvgIpc) is 2.43. The van der Waals surface area contributed by atoms with Gasteiger partial charge in [-0.15, -0.1) is 0 Å². The lowest BCUT2D eigenvalue weighted by Crippen LogP contribution is -2.17. The van der Waals surface area contributed by atoms with E-state index >= 15 is 0 Å². The molecule has 0 bridgehead atoms. The van der Waals surface area contributed by atoms with Crippen LogP contribution in [0.15, 0.2) is 42.5 Å². The molecule has 0 saturated carbocycles. The fourth-order valence-electron chi connectivity index (χ4n) is 2.09. The number of fused-ring (bicyclic) bond motifs is 1. The molecular weight excluding hydrogens is 238 g/mol. The number of benzene rings is 2. The zero-order valence-electron chi connectivity index (χ0n) is 11.1. The van der Waals surface area contributed by atoms with Crippen LogP contribution in [0.3, 0.4) is 0 Å². The maximum absolute atomic E-state index is 3.55. The van der Waals surface area contributed by atoms with Gasteiger partial charge in [0.1, 0.15) is 0 Å². The summed E-state index contributed by atoms with van der Waals surface area (Å²) in [6.07, 6.45) is 3.40. The van der Waals surface area contributed by atoms with E-state index in [-0.39, 0.29) is 0 Å². The van der Waals surface area contributed by atoms with Crippen LogP contribution in [0, 0.1) is 0 Å². The molecule has 1 nitrogen and oxygen atoms in total. The van der Waals surface area contributed by atoms with Gasteiger partial charge in [-0.05, 0) is 35.6 Å². The van der Waals surface area contributed by atoms with Gasteiger partial charge in [0.25, 0.3) is 0 Å². The maximum atomic E-state index is 3.55. The van der Waals surface area contributed by atoms with Gasteiger partial charge in [-0.3, -0.25) is 0 Å². The minimum Gasteiger partial charge on any atom is -0.313 e. The summed E-state index contributed by atoms with van der Waals surface area (Å²) in [5, 5.41) is 6.98. The van der Waals surface area contributed by atoms with Crippen LogP contribution in [0.4, 0.5) is 0 Å². The predicted molar refractivity (Wildman–Crippen MR) is 83.2 cm³/mol. The van der Waals surface area contributed by atoms with Crippen molar-refractivity contribution in [3.63, 3.8) is 0 Å². The van der Waals surface area contributed by atoms with Crippen molar-refractivity contribution >= 4 is 22.5 Å². The first-order valence-electron chi connectivity index (χ1n) is 6.51. The van der Waals surface area contributed by atoms with Crippen LogP contribution in [-0.2, 0) is 6.54 Å². The van der Waals surface area contributed by atoms with Crippen LogP contribution in [0.25, 0.3) is 10.8 Å². The third kappa shape index (κ3) is 3.50. The number of thioether (sulfide) groups is 1. The summed E-state index contributed by atoms with van der Waals surface area (Å²) in [7, 11) is 0. The van der Waals surface area contributed by atoms with Gasteiger partial charge < -0.3 is 5.32 Å². The van der Waals surface area contributed by atoms with Crippen LogP contribution in [0.5, 0.6) is 0 Å². The summed E-state index contributed by atoms with van der Waals surface area (Å²) >= 11 is 1.93. The van der Waals surface area contributed by atoms with Crippen LogP contribution >= 0.6 is 11.8 Å². The first kappa shape index (κ1) is 13.4. The van der Waals surface area contributed by atoms with E-state index in [2.05, 4.69) is 61.0 Å². The zero-order chi connectivity index (χ0) is 12.8. The van der Waals surface area contributed by atoms with E-state index < -0.39 is 0 Å². The normalized spacial score (nSPS) is 12.8. The standard InChI is InChI=1S/C16H21NS/c1-13(18-2)10-11-17-12-15-8-5-7-14-6-3-4-9-16(14)15/h3-9,13,17H,10-12H2,1-2H3. The van der Waals surface area contributed by atoms with Crippen LogP contribution in [-0.4, -0.2) is 18.1 Å². The number of hydrogen-bond acceptors (Lipinski definition) is 2. The quantitative estimate of drug-likeness (QED) is 0.785. The van der Waals surface area contributed by atoms with Gasteiger partial charge in [0.05, 0.1) is 0 Å². The molecule has 2 rings (SSSR count).